The van der Waals surface area contributed by atoms with Crippen LogP contribution >= 0.6 is 0 Å². The van der Waals surface area contributed by atoms with Crippen LogP contribution in [0.4, 0.5) is 0 Å². The topological polar surface area (TPSA) is 30.5 Å². The lowest BCUT2D eigenvalue weighted by Crippen LogP contribution is -2.46. The van der Waals surface area contributed by atoms with Crippen LogP contribution in [-0.2, 0) is 11.2 Å². The molecular formula is C14H21NO2. The third-order valence-corrected chi connectivity index (χ3v) is 3.02. The predicted molar refractivity (Wildman–Crippen MR) is 68.5 cm³/mol. The number of aryl methyl sites for hydroxylation is 1. The summed E-state index contributed by atoms with van der Waals surface area (Å²) in [6.07, 6.45) is 1.20. The van der Waals surface area contributed by atoms with Gasteiger partial charge in [-0.05, 0) is 31.0 Å². The molecule has 1 aromatic carbocycles. The first-order chi connectivity index (χ1) is 8.28. The fourth-order valence-electron chi connectivity index (χ4n) is 1.88. The zero-order chi connectivity index (χ0) is 12.1. The average Bonchev–Trinajstić information content (AvgIpc) is 2.38. The first-order valence-electron chi connectivity index (χ1n) is 6.34. The Kier molecular flexibility index (Phi) is 4.40. The Labute approximate surface area is 103 Å². The van der Waals surface area contributed by atoms with Gasteiger partial charge in [-0.25, -0.2) is 0 Å². The summed E-state index contributed by atoms with van der Waals surface area (Å²) in [5.74, 6) is 0.937. The van der Waals surface area contributed by atoms with Crippen molar-refractivity contribution in [2.75, 3.05) is 19.8 Å². The maximum atomic E-state index is 5.76. The molecule has 1 aliphatic rings. The Balaban J connectivity index is 1.81. The smallest absolute Gasteiger partial charge is 0.119 e. The van der Waals surface area contributed by atoms with Crippen molar-refractivity contribution in [1.82, 2.24) is 5.32 Å². The van der Waals surface area contributed by atoms with Crippen molar-refractivity contribution in [3.05, 3.63) is 29.8 Å². The van der Waals surface area contributed by atoms with Crippen LogP contribution in [-0.4, -0.2) is 31.9 Å². The van der Waals surface area contributed by atoms with Crippen molar-refractivity contribution >= 4 is 0 Å². The van der Waals surface area contributed by atoms with Gasteiger partial charge in [0.05, 0.1) is 6.61 Å². The van der Waals surface area contributed by atoms with Crippen LogP contribution in [0, 0.1) is 0 Å². The third-order valence-electron chi connectivity index (χ3n) is 3.02. The van der Waals surface area contributed by atoms with Crippen LogP contribution in [0.1, 0.15) is 19.4 Å². The second-order valence-electron chi connectivity index (χ2n) is 4.58. The molecule has 2 rings (SSSR count). The molecule has 0 radical (unpaired) electrons. The van der Waals surface area contributed by atoms with E-state index in [9.17, 15) is 0 Å². The Hall–Kier alpha value is -1.06. The van der Waals surface area contributed by atoms with Crippen molar-refractivity contribution in [1.29, 1.82) is 0 Å². The van der Waals surface area contributed by atoms with Gasteiger partial charge in [0, 0.05) is 12.6 Å². The highest BCUT2D eigenvalue weighted by molar-refractivity contribution is 5.28. The van der Waals surface area contributed by atoms with E-state index in [0.717, 1.165) is 25.3 Å². The lowest BCUT2D eigenvalue weighted by Gasteiger charge is -2.28. The molecule has 1 saturated heterocycles. The number of benzene rings is 1. The third kappa shape index (κ3) is 3.72. The number of nitrogens with one attached hydrogen (secondary N) is 1. The van der Waals surface area contributed by atoms with Crippen molar-refractivity contribution in [3.8, 4) is 5.75 Å². The van der Waals surface area contributed by atoms with Crippen LogP contribution in [0.2, 0.25) is 0 Å². The summed E-state index contributed by atoms with van der Waals surface area (Å²) >= 11 is 0. The summed E-state index contributed by atoms with van der Waals surface area (Å²) in [5, 5.41) is 3.39. The second kappa shape index (κ2) is 6.03. The fraction of sp³-hybridized carbons (Fsp3) is 0.571. The summed E-state index contributed by atoms with van der Waals surface area (Å²) in [6.45, 7) is 6.53. The zero-order valence-electron chi connectivity index (χ0n) is 10.6. The summed E-state index contributed by atoms with van der Waals surface area (Å²) < 4.78 is 11.4. The molecule has 0 aliphatic carbocycles. The van der Waals surface area contributed by atoms with Crippen molar-refractivity contribution in [3.63, 3.8) is 0 Å². The SMILES string of the molecule is CCc1cccc(OCC2CNC(C)CO2)c1. The molecule has 1 aliphatic heterocycles. The molecule has 3 nitrogen and oxygen atoms in total. The van der Waals surface area contributed by atoms with Gasteiger partial charge < -0.3 is 14.8 Å². The molecular weight excluding hydrogens is 214 g/mol. The molecule has 3 heteroatoms. The minimum absolute atomic E-state index is 0.163. The van der Waals surface area contributed by atoms with Gasteiger partial charge in [0.25, 0.3) is 0 Å². The first-order valence-corrected chi connectivity index (χ1v) is 6.34. The van der Waals surface area contributed by atoms with E-state index in [1.807, 2.05) is 12.1 Å². The van der Waals surface area contributed by atoms with Gasteiger partial charge in [0.15, 0.2) is 0 Å². The molecule has 1 fully saturated rings. The number of morpholine rings is 1. The van der Waals surface area contributed by atoms with E-state index in [0.29, 0.717) is 12.6 Å². The summed E-state index contributed by atoms with van der Waals surface area (Å²) in [5.41, 5.74) is 1.30. The average molecular weight is 235 g/mol. The van der Waals surface area contributed by atoms with Crippen LogP contribution in [0.15, 0.2) is 24.3 Å². The molecule has 0 amide bonds. The number of hydrogen-bond acceptors (Lipinski definition) is 3. The van der Waals surface area contributed by atoms with Crippen LogP contribution < -0.4 is 10.1 Å². The van der Waals surface area contributed by atoms with E-state index in [2.05, 4.69) is 31.3 Å². The molecule has 1 N–H and O–H groups in total. The van der Waals surface area contributed by atoms with Crippen LogP contribution in [0.5, 0.6) is 5.75 Å². The maximum Gasteiger partial charge on any atom is 0.119 e. The lowest BCUT2D eigenvalue weighted by atomic mass is 10.2. The van der Waals surface area contributed by atoms with Gasteiger partial charge in [-0.3, -0.25) is 0 Å². The molecule has 0 spiro atoms. The van der Waals surface area contributed by atoms with Crippen molar-refractivity contribution < 1.29 is 9.47 Å². The van der Waals surface area contributed by atoms with Crippen molar-refractivity contribution in [2.45, 2.75) is 32.4 Å². The van der Waals surface area contributed by atoms with E-state index in [4.69, 9.17) is 9.47 Å². The molecule has 0 aromatic heterocycles. The first kappa shape index (κ1) is 12.4. The molecule has 2 atom stereocenters. The minimum Gasteiger partial charge on any atom is -0.491 e. The van der Waals surface area contributed by atoms with Gasteiger partial charge in [-0.15, -0.1) is 0 Å². The Morgan fingerprint density at radius 1 is 1.47 bits per heavy atom. The highest BCUT2D eigenvalue weighted by Crippen LogP contribution is 2.14. The summed E-state index contributed by atoms with van der Waals surface area (Å²) in [7, 11) is 0. The van der Waals surface area contributed by atoms with E-state index < -0.39 is 0 Å². The Morgan fingerprint density at radius 2 is 2.35 bits per heavy atom. The largest absolute Gasteiger partial charge is 0.491 e. The highest BCUT2D eigenvalue weighted by Gasteiger charge is 2.18. The summed E-state index contributed by atoms with van der Waals surface area (Å²) in [4.78, 5) is 0. The normalized spacial score (nSPS) is 24.6. The lowest BCUT2D eigenvalue weighted by molar-refractivity contribution is -0.0165. The van der Waals surface area contributed by atoms with Gasteiger partial charge in [0.2, 0.25) is 0 Å². The van der Waals surface area contributed by atoms with Gasteiger partial charge >= 0.3 is 0 Å². The zero-order valence-corrected chi connectivity index (χ0v) is 10.6. The molecule has 17 heavy (non-hydrogen) atoms. The van der Waals surface area contributed by atoms with Crippen LogP contribution in [0.3, 0.4) is 0 Å². The molecule has 2 unspecified atom stereocenters. The molecule has 1 aromatic rings. The van der Waals surface area contributed by atoms with E-state index in [-0.39, 0.29) is 6.10 Å². The maximum absolute atomic E-state index is 5.76. The number of ether oxygens (including phenoxy) is 2. The standard InChI is InChI=1S/C14H21NO2/c1-3-12-5-4-6-13(7-12)17-10-14-8-15-11(2)9-16-14/h4-7,11,14-15H,3,8-10H2,1-2H3. The Bertz CT molecular complexity index is 346. The van der Waals surface area contributed by atoms with Gasteiger partial charge in [0.1, 0.15) is 18.5 Å². The van der Waals surface area contributed by atoms with Gasteiger partial charge in [-0.2, -0.15) is 0 Å². The number of rotatable bonds is 4. The minimum atomic E-state index is 0.163. The highest BCUT2D eigenvalue weighted by atomic mass is 16.5. The quantitative estimate of drug-likeness (QED) is 0.866. The van der Waals surface area contributed by atoms with E-state index in [1.165, 1.54) is 5.56 Å². The second-order valence-corrected chi connectivity index (χ2v) is 4.58. The molecule has 0 saturated carbocycles. The number of hydrogen-bond donors (Lipinski definition) is 1. The monoisotopic (exact) mass is 235 g/mol. The van der Waals surface area contributed by atoms with Crippen LogP contribution in [0.25, 0.3) is 0 Å². The van der Waals surface area contributed by atoms with Crippen molar-refractivity contribution in [2.24, 2.45) is 0 Å². The Morgan fingerprint density at radius 3 is 3.06 bits per heavy atom. The molecule has 94 valence electrons. The fourth-order valence-corrected chi connectivity index (χ4v) is 1.88. The molecule has 0 bridgehead atoms. The van der Waals surface area contributed by atoms with E-state index in [1.54, 1.807) is 0 Å². The predicted octanol–water partition coefficient (Wildman–Crippen LogP) is 2.00. The van der Waals surface area contributed by atoms with E-state index >= 15 is 0 Å². The molecule has 1 heterocycles. The van der Waals surface area contributed by atoms with Gasteiger partial charge in [-0.1, -0.05) is 19.1 Å². The summed E-state index contributed by atoms with van der Waals surface area (Å²) in [6, 6.07) is 8.70.